The third kappa shape index (κ3) is 3.02. The van der Waals surface area contributed by atoms with Crippen molar-refractivity contribution in [1.29, 1.82) is 0 Å². The predicted molar refractivity (Wildman–Crippen MR) is 76.9 cm³/mol. The number of hydrogen-bond acceptors (Lipinski definition) is 2. The summed E-state index contributed by atoms with van der Waals surface area (Å²) in [5, 5.41) is 14.1. The van der Waals surface area contributed by atoms with Gasteiger partial charge in [0.05, 0.1) is 20.8 Å². The van der Waals surface area contributed by atoms with Crippen LogP contribution in [0.1, 0.15) is 5.56 Å². The van der Waals surface area contributed by atoms with E-state index in [0.717, 1.165) is 5.56 Å². The van der Waals surface area contributed by atoms with Gasteiger partial charge in [0.2, 0.25) is 0 Å². The second kappa shape index (κ2) is 5.70. The molecule has 2 aromatic rings. The van der Waals surface area contributed by atoms with Gasteiger partial charge in [-0.2, -0.15) is 0 Å². The molecule has 2 N–H and O–H groups in total. The van der Waals surface area contributed by atoms with Gasteiger partial charge in [0.1, 0.15) is 5.75 Å². The molecule has 5 heteroatoms. The number of hydrogen-bond donors (Lipinski definition) is 2. The Hall–Kier alpha value is -1.09. The molecule has 0 unspecified atom stereocenters. The summed E-state index contributed by atoms with van der Waals surface area (Å²) < 4.78 is 0. The molecular formula is C13H10Cl3NO. The second-order valence-corrected chi connectivity index (χ2v) is 4.95. The summed E-state index contributed by atoms with van der Waals surface area (Å²) in [7, 11) is 0. The smallest absolute Gasteiger partial charge is 0.120 e. The van der Waals surface area contributed by atoms with Gasteiger partial charge in [0, 0.05) is 12.1 Å². The number of phenols is 1. The fraction of sp³-hybridized carbons (Fsp3) is 0.0769. The van der Waals surface area contributed by atoms with Crippen LogP contribution in [-0.4, -0.2) is 5.11 Å². The van der Waals surface area contributed by atoms with Crippen LogP contribution in [0.25, 0.3) is 0 Å². The van der Waals surface area contributed by atoms with Gasteiger partial charge in [-0.3, -0.25) is 0 Å². The van der Waals surface area contributed by atoms with Gasteiger partial charge in [-0.15, -0.1) is 0 Å². The molecule has 0 aliphatic rings. The van der Waals surface area contributed by atoms with Crippen molar-refractivity contribution >= 4 is 40.5 Å². The van der Waals surface area contributed by atoms with Crippen molar-refractivity contribution in [2.75, 3.05) is 5.32 Å². The number of phenolic OH excluding ortho intramolecular Hbond substituents is 1. The maximum atomic E-state index is 9.64. The summed E-state index contributed by atoms with van der Waals surface area (Å²) in [5.41, 5.74) is 1.45. The topological polar surface area (TPSA) is 32.3 Å². The molecule has 0 bridgehead atoms. The lowest BCUT2D eigenvalue weighted by Gasteiger charge is -2.10. The summed E-state index contributed by atoms with van der Waals surface area (Å²) in [6.07, 6.45) is 0. The molecule has 0 fully saturated rings. The van der Waals surface area contributed by atoms with Crippen LogP contribution in [0, 0.1) is 0 Å². The Balaban J connectivity index is 2.16. The first-order chi connectivity index (χ1) is 8.58. The maximum Gasteiger partial charge on any atom is 0.120 e. The Morgan fingerprint density at radius 3 is 2.33 bits per heavy atom. The predicted octanol–water partition coefficient (Wildman–Crippen LogP) is 4.96. The Morgan fingerprint density at radius 2 is 1.61 bits per heavy atom. The number of anilines is 1. The zero-order valence-electron chi connectivity index (χ0n) is 9.25. The van der Waals surface area contributed by atoms with Gasteiger partial charge in [-0.25, -0.2) is 0 Å². The van der Waals surface area contributed by atoms with Gasteiger partial charge in [-0.05, 0) is 18.2 Å². The van der Waals surface area contributed by atoms with Crippen LogP contribution >= 0.6 is 34.8 Å². The molecule has 0 aromatic heterocycles. The molecule has 0 saturated heterocycles. The van der Waals surface area contributed by atoms with Crippen LogP contribution in [0.4, 0.5) is 5.69 Å². The van der Waals surface area contributed by atoms with Gasteiger partial charge in [-0.1, -0.05) is 53.0 Å². The van der Waals surface area contributed by atoms with E-state index < -0.39 is 0 Å². The molecule has 18 heavy (non-hydrogen) atoms. The molecule has 0 heterocycles. The van der Waals surface area contributed by atoms with E-state index in [1.807, 2.05) is 12.1 Å². The average Bonchev–Trinajstić information content (AvgIpc) is 2.34. The van der Waals surface area contributed by atoms with E-state index >= 15 is 0 Å². The molecule has 0 spiro atoms. The van der Waals surface area contributed by atoms with Crippen molar-refractivity contribution < 1.29 is 5.11 Å². The molecule has 0 aliphatic heterocycles. The third-order valence-electron chi connectivity index (χ3n) is 2.47. The summed E-state index contributed by atoms with van der Waals surface area (Å²) in [4.78, 5) is 0. The van der Waals surface area contributed by atoms with Crippen molar-refractivity contribution in [3.8, 4) is 5.75 Å². The molecule has 2 aromatic carbocycles. The first-order valence-electron chi connectivity index (χ1n) is 5.23. The van der Waals surface area contributed by atoms with E-state index in [0.29, 0.717) is 27.3 Å². The summed E-state index contributed by atoms with van der Waals surface area (Å²) in [6, 6.07) is 10.3. The lowest BCUT2D eigenvalue weighted by molar-refractivity contribution is 0.469. The van der Waals surface area contributed by atoms with E-state index in [1.165, 1.54) is 0 Å². The molecular weight excluding hydrogens is 293 g/mol. The quantitative estimate of drug-likeness (QED) is 0.785. The minimum Gasteiger partial charge on any atom is -0.508 e. The highest BCUT2D eigenvalue weighted by atomic mass is 35.5. The van der Waals surface area contributed by atoms with Gasteiger partial charge < -0.3 is 10.4 Å². The summed E-state index contributed by atoms with van der Waals surface area (Å²) in [6.45, 7) is 0.449. The molecule has 0 radical (unpaired) electrons. The van der Waals surface area contributed by atoms with E-state index in [1.54, 1.807) is 24.3 Å². The second-order valence-electron chi connectivity index (χ2n) is 3.73. The Bertz CT molecular complexity index is 572. The lowest BCUT2D eigenvalue weighted by Crippen LogP contribution is -2.00. The highest BCUT2D eigenvalue weighted by Crippen LogP contribution is 2.32. The number of nitrogens with one attached hydrogen (secondary N) is 1. The van der Waals surface area contributed by atoms with Crippen LogP contribution in [0.2, 0.25) is 15.1 Å². The van der Waals surface area contributed by atoms with Crippen molar-refractivity contribution in [1.82, 2.24) is 0 Å². The Labute approximate surface area is 120 Å². The number of halogens is 3. The average molecular weight is 303 g/mol. The zero-order valence-corrected chi connectivity index (χ0v) is 11.5. The first kappa shape index (κ1) is 13.3. The van der Waals surface area contributed by atoms with Crippen LogP contribution in [0.15, 0.2) is 36.4 Å². The van der Waals surface area contributed by atoms with Crippen molar-refractivity contribution in [2.45, 2.75) is 6.54 Å². The van der Waals surface area contributed by atoms with Crippen molar-refractivity contribution in [3.63, 3.8) is 0 Å². The molecule has 0 amide bonds. The molecule has 2 nitrogen and oxygen atoms in total. The monoisotopic (exact) mass is 301 g/mol. The van der Waals surface area contributed by atoms with Crippen LogP contribution in [0.3, 0.4) is 0 Å². The molecule has 94 valence electrons. The minimum absolute atomic E-state index is 0.237. The lowest BCUT2D eigenvalue weighted by atomic mass is 10.2. The van der Waals surface area contributed by atoms with Crippen LogP contribution < -0.4 is 5.32 Å². The van der Waals surface area contributed by atoms with Crippen LogP contribution in [0.5, 0.6) is 5.75 Å². The fourth-order valence-electron chi connectivity index (χ4n) is 1.51. The standard InChI is InChI=1S/C13H10Cl3NO/c14-9-5-11(16)12(6-10(9)15)17-7-8-3-1-2-4-13(8)18/h1-6,17-18H,7H2. The molecule has 0 saturated carbocycles. The Kier molecular flexibility index (Phi) is 4.23. The minimum atomic E-state index is 0.237. The summed E-state index contributed by atoms with van der Waals surface area (Å²) >= 11 is 17.8. The van der Waals surface area contributed by atoms with E-state index in [9.17, 15) is 5.11 Å². The maximum absolute atomic E-state index is 9.64. The normalized spacial score (nSPS) is 10.4. The highest BCUT2D eigenvalue weighted by Gasteiger charge is 2.06. The van der Waals surface area contributed by atoms with Gasteiger partial charge in [0.15, 0.2) is 0 Å². The van der Waals surface area contributed by atoms with E-state index in [2.05, 4.69) is 5.32 Å². The number of aromatic hydroxyl groups is 1. The van der Waals surface area contributed by atoms with Gasteiger partial charge in [0.25, 0.3) is 0 Å². The third-order valence-corrected chi connectivity index (χ3v) is 3.51. The van der Waals surface area contributed by atoms with Crippen molar-refractivity contribution in [2.24, 2.45) is 0 Å². The summed E-state index contributed by atoms with van der Waals surface area (Å²) in [5.74, 6) is 0.237. The molecule has 2 rings (SSSR count). The zero-order chi connectivity index (χ0) is 13.1. The Morgan fingerprint density at radius 1 is 0.944 bits per heavy atom. The number of benzene rings is 2. The van der Waals surface area contributed by atoms with E-state index in [4.69, 9.17) is 34.8 Å². The number of rotatable bonds is 3. The van der Waals surface area contributed by atoms with E-state index in [-0.39, 0.29) is 5.75 Å². The SMILES string of the molecule is Oc1ccccc1CNc1cc(Cl)c(Cl)cc1Cl. The van der Waals surface area contributed by atoms with Gasteiger partial charge >= 0.3 is 0 Å². The molecule has 0 atom stereocenters. The van der Waals surface area contributed by atoms with Crippen LogP contribution in [-0.2, 0) is 6.54 Å². The fourth-order valence-corrected chi connectivity index (χ4v) is 2.12. The largest absolute Gasteiger partial charge is 0.508 e. The molecule has 0 aliphatic carbocycles. The highest BCUT2D eigenvalue weighted by molar-refractivity contribution is 6.44. The van der Waals surface area contributed by atoms with Crippen molar-refractivity contribution in [3.05, 3.63) is 57.0 Å². The number of para-hydroxylation sites is 1. The first-order valence-corrected chi connectivity index (χ1v) is 6.36.